The molecular weight excluding hydrogens is 444 g/mol. The van der Waals surface area contributed by atoms with Crippen LogP contribution in [0.2, 0.25) is 0 Å². The van der Waals surface area contributed by atoms with E-state index in [1.807, 2.05) is 24.3 Å². The minimum atomic E-state index is -0.541. The summed E-state index contributed by atoms with van der Waals surface area (Å²) in [5.74, 6) is 1.90. The number of pyridine rings is 1. The molecule has 3 fully saturated rings. The third-order valence-corrected chi connectivity index (χ3v) is 8.07. The predicted octanol–water partition coefficient (Wildman–Crippen LogP) is 6.37. The van der Waals surface area contributed by atoms with Gasteiger partial charge in [-0.3, -0.25) is 9.88 Å². The molecule has 3 aromatic carbocycles. The molecule has 0 spiro atoms. The van der Waals surface area contributed by atoms with Crippen molar-refractivity contribution in [1.82, 2.24) is 9.88 Å². The maximum atomic E-state index is 11.5. The van der Waals surface area contributed by atoms with Crippen LogP contribution in [0.5, 0.6) is 5.75 Å². The van der Waals surface area contributed by atoms with Gasteiger partial charge in [-0.05, 0) is 77.7 Å². The van der Waals surface area contributed by atoms with Gasteiger partial charge in [-0.1, -0.05) is 66.7 Å². The van der Waals surface area contributed by atoms with Gasteiger partial charge in [0, 0.05) is 24.2 Å². The van der Waals surface area contributed by atoms with Crippen molar-refractivity contribution in [2.75, 3.05) is 20.2 Å². The van der Waals surface area contributed by atoms with E-state index in [-0.39, 0.29) is 6.04 Å². The Morgan fingerprint density at radius 3 is 2.56 bits per heavy atom. The summed E-state index contributed by atoms with van der Waals surface area (Å²) in [6.07, 6.45) is 8.13. The van der Waals surface area contributed by atoms with Gasteiger partial charge in [0.1, 0.15) is 5.75 Å². The summed E-state index contributed by atoms with van der Waals surface area (Å²) < 4.78 is 5.43. The number of aliphatic hydroxyl groups is 1. The topological polar surface area (TPSA) is 45.6 Å². The average Bonchev–Trinajstić information content (AvgIpc) is 2.96. The maximum absolute atomic E-state index is 11.5. The van der Waals surface area contributed by atoms with Crippen LogP contribution in [0.1, 0.15) is 30.1 Å². The summed E-state index contributed by atoms with van der Waals surface area (Å²) in [5, 5.41) is 12.5. The van der Waals surface area contributed by atoms with Crippen LogP contribution in [-0.4, -0.2) is 41.2 Å². The number of hydrogen-bond acceptors (Lipinski definition) is 4. The van der Waals surface area contributed by atoms with Crippen LogP contribution in [0.3, 0.4) is 0 Å². The number of benzene rings is 3. The number of ether oxygens (including phenoxy) is 1. The van der Waals surface area contributed by atoms with Gasteiger partial charge in [-0.15, -0.1) is 0 Å². The molecule has 4 nitrogen and oxygen atoms in total. The van der Waals surface area contributed by atoms with E-state index in [0.717, 1.165) is 41.7 Å². The van der Waals surface area contributed by atoms with E-state index >= 15 is 0 Å². The fourth-order valence-electron chi connectivity index (χ4n) is 6.05. The number of methoxy groups -OCH3 is 1. The molecule has 3 saturated heterocycles. The Kier molecular flexibility index (Phi) is 6.30. The van der Waals surface area contributed by atoms with Crippen molar-refractivity contribution in [3.8, 4) is 16.9 Å². The molecule has 1 aromatic heterocycles. The van der Waals surface area contributed by atoms with Gasteiger partial charge in [0.2, 0.25) is 0 Å². The first kappa shape index (κ1) is 23.0. The molecule has 0 amide bonds. The number of aromatic nitrogens is 1. The summed E-state index contributed by atoms with van der Waals surface area (Å²) in [6.45, 7) is 2.05. The fraction of sp³-hybridized carbons (Fsp3) is 0.281. The van der Waals surface area contributed by atoms with E-state index in [9.17, 15) is 5.11 Å². The Morgan fingerprint density at radius 2 is 1.81 bits per heavy atom. The summed E-state index contributed by atoms with van der Waals surface area (Å²) >= 11 is 0. The molecular formula is C32H32N2O2. The summed E-state index contributed by atoms with van der Waals surface area (Å²) in [7, 11) is 1.67. The van der Waals surface area contributed by atoms with Gasteiger partial charge in [0.05, 0.1) is 18.7 Å². The van der Waals surface area contributed by atoms with E-state index in [1.165, 1.54) is 23.1 Å². The highest BCUT2D eigenvalue weighted by molar-refractivity contribution is 5.84. The highest BCUT2D eigenvalue weighted by Gasteiger charge is 2.42. The van der Waals surface area contributed by atoms with Gasteiger partial charge >= 0.3 is 0 Å². The normalized spacial score (nSPS) is 24.3. The number of piperidine rings is 3. The largest absolute Gasteiger partial charge is 0.497 e. The highest BCUT2D eigenvalue weighted by atomic mass is 16.5. The van der Waals surface area contributed by atoms with Crippen LogP contribution in [0.15, 0.2) is 91.1 Å². The van der Waals surface area contributed by atoms with Crippen molar-refractivity contribution < 1.29 is 9.84 Å². The van der Waals surface area contributed by atoms with Gasteiger partial charge in [0.25, 0.3) is 0 Å². The van der Waals surface area contributed by atoms with Crippen molar-refractivity contribution in [3.63, 3.8) is 0 Å². The molecule has 0 saturated carbocycles. The average molecular weight is 477 g/mol. The molecule has 4 aromatic rings. The molecule has 7 rings (SSSR count). The molecule has 0 radical (unpaired) electrons. The van der Waals surface area contributed by atoms with Crippen molar-refractivity contribution in [2.45, 2.75) is 25.0 Å². The SMILES string of the molecule is COc1ccc2nccc([C@@H](O)[C@@H]3C[C@@H]4CCN3C[C@@H]4/C=C/c3ccc(-c4ccccc4)cc3)c2c1. The summed E-state index contributed by atoms with van der Waals surface area (Å²) in [6, 6.07) is 27.3. The standard InChI is InChI=1S/C32H32N2O2/c1-36-27-13-14-30-29(20-27)28(15-17-33-30)32(35)31-19-25-16-18-34(31)21-26(25)12-9-22-7-10-24(11-8-22)23-5-3-2-4-6-23/h2-15,17,20,25-26,31-32,35H,16,18-19,21H2,1H3/b12-9+/t25-,26-,31-,32+/m0/s1. The molecule has 36 heavy (non-hydrogen) atoms. The van der Waals surface area contributed by atoms with Crippen LogP contribution < -0.4 is 4.74 Å². The minimum Gasteiger partial charge on any atom is -0.497 e. The fourth-order valence-corrected chi connectivity index (χ4v) is 6.05. The van der Waals surface area contributed by atoms with Crippen LogP contribution in [0.4, 0.5) is 0 Å². The maximum Gasteiger partial charge on any atom is 0.119 e. The zero-order valence-corrected chi connectivity index (χ0v) is 20.6. The van der Waals surface area contributed by atoms with E-state index in [2.05, 4.69) is 76.6 Å². The third kappa shape index (κ3) is 4.43. The number of fused-ring (bicyclic) bond motifs is 4. The number of hydrogen-bond donors (Lipinski definition) is 1. The van der Waals surface area contributed by atoms with Gasteiger partial charge in [-0.2, -0.15) is 0 Å². The molecule has 0 aliphatic carbocycles. The third-order valence-electron chi connectivity index (χ3n) is 8.07. The zero-order valence-electron chi connectivity index (χ0n) is 20.6. The van der Waals surface area contributed by atoms with Crippen LogP contribution in [0.25, 0.3) is 28.1 Å². The monoisotopic (exact) mass is 476 g/mol. The van der Waals surface area contributed by atoms with Crippen LogP contribution in [-0.2, 0) is 0 Å². The Balaban J connectivity index is 1.16. The Hall–Kier alpha value is -3.47. The molecule has 182 valence electrons. The minimum absolute atomic E-state index is 0.135. The molecule has 1 N–H and O–H groups in total. The lowest BCUT2D eigenvalue weighted by Gasteiger charge is -2.50. The zero-order chi connectivity index (χ0) is 24.5. The summed E-state index contributed by atoms with van der Waals surface area (Å²) in [4.78, 5) is 6.98. The Morgan fingerprint density at radius 1 is 1.00 bits per heavy atom. The van der Waals surface area contributed by atoms with Crippen molar-refractivity contribution in [1.29, 1.82) is 0 Å². The van der Waals surface area contributed by atoms with E-state index in [1.54, 1.807) is 13.3 Å². The van der Waals surface area contributed by atoms with Crippen molar-refractivity contribution in [3.05, 3.63) is 102 Å². The quantitative estimate of drug-likeness (QED) is 0.351. The first-order valence-electron chi connectivity index (χ1n) is 12.9. The first-order valence-corrected chi connectivity index (χ1v) is 12.9. The number of rotatable bonds is 6. The molecule has 3 aliphatic rings. The number of aliphatic hydroxyl groups excluding tert-OH is 1. The molecule has 1 unspecified atom stereocenters. The van der Waals surface area contributed by atoms with E-state index in [4.69, 9.17) is 4.74 Å². The predicted molar refractivity (Wildman–Crippen MR) is 146 cm³/mol. The second-order valence-electron chi connectivity index (χ2n) is 10.1. The number of nitrogens with zero attached hydrogens (tertiary/aromatic N) is 2. The van der Waals surface area contributed by atoms with Gasteiger partial charge in [-0.25, -0.2) is 0 Å². The van der Waals surface area contributed by atoms with Crippen LogP contribution in [0, 0.1) is 11.8 Å². The van der Waals surface area contributed by atoms with Gasteiger partial charge < -0.3 is 9.84 Å². The van der Waals surface area contributed by atoms with Crippen molar-refractivity contribution in [2.24, 2.45) is 11.8 Å². The summed E-state index contributed by atoms with van der Waals surface area (Å²) in [5.41, 5.74) is 5.56. The lowest BCUT2D eigenvalue weighted by molar-refractivity contribution is -0.0444. The van der Waals surface area contributed by atoms with Gasteiger partial charge in [0.15, 0.2) is 0 Å². The highest BCUT2D eigenvalue weighted by Crippen LogP contribution is 2.42. The second kappa shape index (κ2) is 9.88. The second-order valence-corrected chi connectivity index (χ2v) is 10.1. The van der Waals surface area contributed by atoms with E-state index in [0.29, 0.717) is 11.8 Å². The first-order chi connectivity index (χ1) is 17.7. The lowest BCUT2D eigenvalue weighted by Crippen LogP contribution is -2.54. The smallest absolute Gasteiger partial charge is 0.119 e. The van der Waals surface area contributed by atoms with Crippen LogP contribution >= 0.6 is 0 Å². The molecule has 3 aliphatic heterocycles. The van der Waals surface area contributed by atoms with Crippen molar-refractivity contribution >= 4 is 17.0 Å². The molecule has 5 atom stereocenters. The lowest BCUT2D eigenvalue weighted by atomic mass is 9.73. The molecule has 4 heterocycles. The van der Waals surface area contributed by atoms with E-state index < -0.39 is 6.10 Å². The molecule has 4 heteroatoms. The Bertz CT molecular complexity index is 1370. The Labute approximate surface area is 212 Å². The molecule has 2 bridgehead atoms.